The summed E-state index contributed by atoms with van der Waals surface area (Å²) < 4.78 is 0. The number of carbonyl (C=O) groups is 1. The molecule has 0 aliphatic heterocycles. The first kappa shape index (κ1) is 14.0. The van der Waals surface area contributed by atoms with Crippen molar-refractivity contribution in [3.05, 3.63) is 59.4 Å². The average Bonchev–Trinajstić information content (AvgIpc) is 3.04. The number of benzene rings is 1. The Morgan fingerprint density at radius 2 is 2.22 bits per heavy atom. The molecule has 0 saturated carbocycles. The van der Waals surface area contributed by atoms with Crippen LogP contribution in [-0.4, -0.2) is 15.9 Å². The summed E-state index contributed by atoms with van der Waals surface area (Å²) in [6.45, 7) is 0. The molecule has 0 spiro atoms. The number of H-pyrrole nitrogens is 1. The van der Waals surface area contributed by atoms with Crippen molar-refractivity contribution < 1.29 is 4.79 Å². The van der Waals surface area contributed by atoms with E-state index in [4.69, 9.17) is 5.73 Å². The van der Waals surface area contributed by atoms with Crippen molar-refractivity contribution in [2.75, 3.05) is 5.32 Å². The number of carbonyl (C=O) groups excluding carboxylic acids is 1. The van der Waals surface area contributed by atoms with Crippen LogP contribution in [0.25, 0.3) is 11.0 Å². The third-order valence-electron chi connectivity index (χ3n) is 4.47. The highest BCUT2D eigenvalue weighted by molar-refractivity contribution is 6.08. The van der Waals surface area contributed by atoms with Crippen LogP contribution in [0.2, 0.25) is 0 Å². The van der Waals surface area contributed by atoms with E-state index >= 15 is 0 Å². The molecule has 0 saturated heterocycles. The van der Waals surface area contributed by atoms with Crippen LogP contribution in [0.3, 0.4) is 0 Å². The van der Waals surface area contributed by atoms with E-state index in [1.54, 1.807) is 6.20 Å². The van der Waals surface area contributed by atoms with Crippen LogP contribution < -0.4 is 11.1 Å². The van der Waals surface area contributed by atoms with E-state index in [0.29, 0.717) is 5.56 Å². The lowest BCUT2D eigenvalue weighted by atomic mass is 9.87. The van der Waals surface area contributed by atoms with Crippen molar-refractivity contribution in [3.8, 4) is 0 Å². The average molecular weight is 306 g/mol. The molecule has 4 rings (SSSR count). The van der Waals surface area contributed by atoms with Gasteiger partial charge >= 0.3 is 0 Å². The van der Waals surface area contributed by atoms with Crippen LogP contribution in [0.5, 0.6) is 0 Å². The summed E-state index contributed by atoms with van der Waals surface area (Å²) in [4.78, 5) is 19.8. The van der Waals surface area contributed by atoms with E-state index in [9.17, 15) is 4.79 Å². The van der Waals surface area contributed by atoms with Crippen LogP contribution in [0.1, 0.15) is 40.4 Å². The number of nitrogens with one attached hydrogen (secondary N) is 2. The highest BCUT2D eigenvalue weighted by atomic mass is 16.1. The van der Waals surface area contributed by atoms with Crippen LogP contribution >= 0.6 is 0 Å². The Morgan fingerprint density at radius 1 is 1.30 bits per heavy atom. The molecule has 2 heterocycles. The third kappa shape index (κ3) is 2.49. The van der Waals surface area contributed by atoms with Crippen molar-refractivity contribution in [1.82, 2.24) is 9.97 Å². The molecule has 3 aromatic rings. The standard InChI is InChI=1S/C18H18N4O/c19-15-3-1-2-11-10-12(4-5-13(11)15)18(23)22-16-7-9-21-17-14(16)6-8-20-17/h4-10,15H,1-3,19H2,(H2,20,21,22,23)/t15-/m1/s1. The van der Waals surface area contributed by atoms with Gasteiger partial charge in [0.25, 0.3) is 5.91 Å². The van der Waals surface area contributed by atoms with Gasteiger partial charge in [-0.1, -0.05) is 6.07 Å². The summed E-state index contributed by atoms with van der Waals surface area (Å²) >= 11 is 0. The molecule has 0 unspecified atom stereocenters. The summed E-state index contributed by atoms with van der Waals surface area (Å²) in [6, 6.07) is 9.63. The highest BCUT2D eigenvalue weighted by Gasteiger charge is 2.18. The number of aryl methyl sites for hydroxylation is 1. The van der Waals surface area contributed by atoms with E-state index in [1.165, 1.54) is 11.1 Å². The van der Waals surface area contributed by atoms with Gasteiger partial charge in [-0.25, -0.2) is 4.98 Å². The summed E-state index contributed by atoms with van der Waals surface area (Å²) in [5.74, 6) is -0.111. The maximum absolute atomic E-state index is 12.6. The van der Waals surface area contributed by atoms with Crippen molar-refractivity contribution in [3.63, 3.8) is 0 Å². The molecule has 4 N–H and O–H groups in total. The van der Waals surface area contributed by atoms with Gasteiger partial charge in [0.05, 0.1) is 5.69 Å². The van der Waals surface area contributed by atoms with Gasteiger partial charge in [0, 0.05) is 29.4 Å². The molecule has 1 aromatic carbocycles. The number of hydrogen-bond donors (Lipinski definition) is 3. The summed E-state index contributed by atoms with van der Waals surface area (Å²) in [6.07, 6.45) is 6.57. The number of rotatable bonds is 2. The Hall–Kier alpha value is -2.66. The number of anilines is 1. The van der Waals surface area contributed by atoms with Crippen LogP contribution in [0.15, 0.2) is 42.7 Å². The maximum atomic E-state index is 12.6. The van der Waals surface area contributed by atoms with Crippen molar-refractivity contribution in [2.45, 2.75) is 25.3 Å². The fraction of sp³-hybridized carbons (Fsp3) is 0.222. The highest BCUT2D eigenvalue weighted by Crippen LogP contribution is 2.29. The number of amides is 1. The minimum absolute atomic E-state index is 0.0931. The number of aromatic amines is 1. The van der Waals surface area contributed by atoms with E-state index in [-0.39, 0.29) is 11.9 Å². The molecule has 1 aliphatic carbocycles. The van der Waals surface area contributed by atoms with Gasteiger partial charge in [0.1, 0.15) is 5.65 Å². The molecule has 116 valence electrons. The minimum atomic E-state index is -0.111. The predicted octanol–water partition coefficient (Wildman–Crippen LogP) is 3.15. The Kier molecular flexibility index (Phi) is 3.35. The molecule has 1 aliphatic rings. The van der Waals surface area contributed by atoms with E-state index in [2.05, 4.69) is 15.3 Å². The van der Waals surface area contributed by atoms with E-state index in [1.807, 2.05) is 36.5 Å². The summed E-state index contributed by atoms with van der Waals surface area (Å²) in [5.41, 5.74) is 10.7. The Labute approximate surface area is 133 Å². The van der Waals surface area contributed by atoms with Crippen LogP contribution in [-0.2, 0) is 6.42 Å². The van der Waals surface area contributed by atoms with Gasteiger partial charge in [-0.2, -0.15) is 0 Å². The third-order valence-corrected chi connectivity index (χ3v) is 4.47. The number of fused-ring (bicyclic) bond motifs is 2. The normalized spacial score (nSPS) is 17.0. The van der Waals surface area contributed by atoms with Crippen LogP contribution in [0.4, 0.5) is 5.69 Å². The molecule has 0 radical (unpaired) electrons. The largest absolute Gasteiger partial charge is 0.346 e. The number of aromatic nitrogens is 2. The van der Waals surface area contributed by atoms with Gasteiger partial charge in [-0.05, 0) is 54.7 Å². The lowest BCUT2D eigenvalue weighted by Gasteiger charge is -2.22. The Morgan fingerprint density at radius 3 is 3.13 bits per heavy atom. The molecule has 5 heteroatoms. The molecule has 2 aromatic heterocycles. The maximum Gasteiger partial charge on any atom is 0.255 e. The first-order valence-electron chi connectivity index (χ1n) is 7.84. The monoisotopic (exact) mass is 306 g/mol. The molecule has 0 fully saturated rings. The lowest BCUT2D eigenvalue weighted by molar-refractivity contribution is 0.102. The summed E-state index contributed by atoms with van der Waals surface area (Å²) in [7, 11) is 0. The van der Waals surface area contributed by atoms with E-state index < -0.39 is 0 Å². The second kappa shape index (κ2) is 5.52. The Balaban J connectivity index is 1.63. The topological polar surface area (TPSA) is 83.8 Å². The molecule has 1 amide bonds. The zero-order valence-electron chi connectivity index (χ0n) is 12.7. The Bertz CT molecular complexity index is 884. The number of nitrogens with two attached hydrogens (primary N) is 1. The van der Waals surface area contributed by atoms with Gasteiger partial charge in [-0.15, -0.1) is 0 Å². The minimum Gasteiger partial charge on any atom is -0.346 e. The van der Waals surface area contributed by atoms with E-state index in [0.717, 1.165) is 36.0 Å². The fourth-order valence-electron chi connectivity index (χ4n) is 3.26. The zero-order valence-corrected chi connectivity index (χ0v) is 12.7. The molecule has 5 nitrogen and oxygen atoms in total. The van der Waals surface area contributed by atoms with Gasteiger partial charge in [-0.3, -0.25) is 4.79 Å². The first-order valence-corrected chi connectivity index (χ1v) is 7.84. The second-order valence-electron chi connectivity index (χ2n) is 5.96. The van der Waals surface area contributed by atoms with Gasteiger partial charge in [0.2, 0.25) is 0 Å². The second-order valence-corrected chi connectivity index (χ2v) is 5.96. The molecular weight excluding hydrogens is 288 g/mol. The van der Waals surface area contributed by atoms with Gasteiger partial charge < -0.3 is 16.0 Å². The zero-order chi connectivity index (χ0) is 15.8. The first-order chi connectivity index (χ1) is 11.2. The van der Waals surface area contributed by atoms with Crippen LogP contribution in [0, 0.1) is 0 Å². The van der Waals surface area contributed by atoms with Crippen molar-refractivity contribution in [1.29, 1.82) is 0 Å². The molecule has 1 atom stereocenters. The predicted molar refractivity (Wildman–Crippen MR) is 90.4 cm³/mol. The van der Waals surface area contributed by atoms with Gasteiger partial charge in [0.15, 0.2) is 0 Å². The summed E-state index contributed by atoms with van der Waals surface area (Å²) in [5, 5.41) is 3.88. The SMILES string of the molecule is N[C@@H]1CCCc2cc(C(=O)Nc3ccnc4[nH]ccc34)ccc21. The number of hydrogen-bond acceptors (Lipinski definition) is 3. The fourth-order valence-corrected chi connectivity index (χ4v) is 3.26. The molecular formula is C18H18N4O. The number of nitrogens with zero attached hydrogens (tertiary/aromatic N) is 1. The lowest BCUT2D eigenvalue weighted by Crippen LogP contribution is -2.19. The molecule has 23 heavy (non-hydrogen) atoms. The van der Waals surface area contributed by atoms with Crippen molar-refractivity contribution in [2.24, 2.45) is 5.73 Å². The quantitative estimate of drug-likeness (QED) is 0.680. The van der Waals surface area contributed by atoms with Crippen molar-refractivity contribution >= 4 is 22.6 Å². The smallest absolute Gasteiger partial charge is 0.255 e. The molecule has 0 bridgehead atoms. The number of pyridine rings is 1.